The second kappa shape index (κ2) is 13.5. The first kappa shape index (κ1) is 41.4. The summed E-state index contributed by atoms with van der Waals surface area (Å²) in [4.78, 5) is 75.2. The number of aliphatic carboxylic acids is 1. The minimum Gasteiger partial charge on any atom is -0.498 e. The van der Waals surface area contributed by atoms with Crippen LogP contribution in [-0.2, 0) is 39.0 Å². The Morgan fingerprint density at radius 2 is 1.78 bits per heavy atom. The van der Waals surface area contributed by atoms with Crippen LogP contribution in [0, 0.1) is 29.6 Å². The van der Waals surface area contributed by atoms with E-state index in [9.17, 15) is 39.3 Å². The van der Waals surface area contributed by atoms with Gasteiger partial charge >= 0.3 is 18.1 Å². The molecule has 2 fully saturated rings. The highest BCUT2D eigenvalue weighted by molar-refractivity contribution is 6.33. The summed E-state index contributed by atoms with van der Waals surface area (Å²) in [6.45, 7) is 15.5. The lowest BCUT2D eigenvalue weighted by Gasteiger charge is -2.64. The van der Waals surface area contributed by atoms with Crippen molar-refractivity contribution >= 4 is 47.8 Å². The predicted molar refractivity (Wildman–Crippen MR) is 192 cm³/mol. The van der Waals surface area contributed by atoms with Crippen LogP contribution in [-0.4, -0.2) is 86.8 Å². The first-order chi connectivity index (χ1) is 24.8. The quantitative estimate of drug-likeness (QED) is 0.168. The van der Waals surface area contributed by atoms with Gasteiger partial charge in [-0.05, 0) is 84.8 Å². The number of hydrogen-bond acceptors (Lipinski definition) is 12. The summed E-state index contributed by atoms with van der Waals surface area (Å²) in [6.07, 6.45) is -4.12. The topological polar surface area (TPSA) is 189 Å². The number of likely N-dealkylation sites (tertiary alicyclic amines) is 1. The van der Waals surface area contributed by atoms with Crippen LogP contribution in [0.15, 0.2) is 29.8 Å². The Bertz CT molecular complexity index is 1770. The van der Waals surface area contributed by atoms with Gasteiger partial charge in [-0.1, -0.05) is 43.7 Å². The summed E-state index contributed by atoms with van der Waals surface area (Å²) in [5.41, 5.74) is -9.35. The Morgan fingerprint density at radius 3 is 2.30 bits per heavy atom. The molecule has 2 aliphatic carbocycles. The highest BCUT2D eigenvalue weighted by Gasteiger charge is 2.88. The highest BCUT2D eigenvalue weighted by Crippen LogP contribution is 2.68. The number of carbonyl (C=O) groups is 5. The number of ether oxygens (including phenoxy) is 3. The normalized spacial score (nSPS) is 36.8. The van der Waals surface area contributed by atoms with E-state index in [1.807, 2.05) is 0 Å². The van der Waals surface area contributed by atoms with Crippen molar-refractivity contribution in [2.24, 2.45) is 29.6 Å². The minimum absolute atomic E-state index is 0.121. The van der Waals surface area contributed by atoms with E-state index in [4.69, 9.17) is 30.6 Å². The smallest absolute Gasteiger partial charge is 0.498 e. The minimum atomic E-state index is -2.78. The number of rotatable bonds is 6. The van der Waals surface area contributed by atoms with Crippen LogP contribution in [0.2, 0.25) is 5.02 Å². The molecule has 1 saturated heterocycles. The first-order valence-corrected chi connectivity index (χ1v) is 18.7. The number of halogens is 1. The molecule has 2 unspecified atom stereocenters. The molecule has 0 radical (unpaired) electrons. The maximum Gasteiger partial charge on any atom is 0.510 e. The Labute approximate surface area is 320 Å². The van der Waals surface area contributed by atoms with Crippen LogP contribution in [0.4, 0.5) is 15.3 Å². The van der Waals surface area contributed by atoms with Crippen molar-refractivity contribution in [1.29, 1.82) is 0 Å². The number of esters is 1. The molecular weight excluding hydrogens is 724 g/mol. The Hall–Kier alpha value is -3.72. The van der Waals surface area contributed by atoms with Crippen molar-refractivity contribution in [3.63, 3.8) is 0 Å². The number of nitrogens with zero attached hydrogens (tertiary/aromatic N) is 2. The molecule has 0 aromatic heterocycles. The third-order valence-electron chi connectivity index (χ3n) is 12.4. The molecule has 54 heavy (non-hydrogen) atoms. The van der Waals surface area contributed by atoms with Crippen LogP contribution >= 0.6 is 11.6 Å². The molecule has 1 amide bonds. The molecule has 4 aliphatic rings. The Balaban J connectivity index is 2.02. The molecule has 298 valence electrons. The lowest BCUT2D eigenvalue weighted by atomic mass is 9.48. The highest BCUT2D eigenvalue weighted by atomic mass is 35.5. The van der Waals surface area contributed by atoms with E-state index < -0.39 is 105 Å². The van der Waals surface area contributed by atoms with E-state index in [-0.39, 0.29) is 16.3 Å². The largest absolute Gasteiger partial charge is 0.510 e. The van der Waals surface area contributed by atoms with E-state index in [2.05, 4.69) is 0 Å². The number of para-hydroxylation sites is 1. The molecule has 2 heterocycles. The number of carbonyl (C=O) groups excluding carboxylic acids is 4. The van der Waals surface area contributed by atoms with E-state index >= 15 is 0 Å². The summed E-state index contributed by atoms with van der Waals surface area (Å²) in [5.74, 6) is -6.99. The van der Waals surface area contributed by atoms with Gasteiger partial charge < -0.3 is 39.1 Å². The van der Waals surface area contributed by atoms with E-state index in [1.54, 1.807) is 65.8 Å². The van der Waals surface area contributed by atoms with Crippen LogP contribution < -0.4 is 10.2 Å². The molecule has 1 saturated carbocycles. The van der Waals surface area contributed by atoms with Gasteiger partial charge in [0.2, 0.25) is 11.1 Å². The number of hydroxylamine groups is 1. The fraction of sp³-hybridized carbons (Fsp3) is 0.667. The zero-order valence-electron chi connectivity index (χ0n) is 32.8. The van der Waals surface area contributed by atoms with Gasteiger partial charge in [-0.15, -0.1) is 0 Å². The van der Waals surface area contributed by atoms with Crippen molar-refractivity contribution in [1.82, 2.24) is 0 Å². The standard InChI is InChI=1S/C39H53ClN2O12/c1-20-17-26-24(21(2)18-43)16-15-22(3)39(26,50)30(29(20)51-23(4)44)37(32(45)46)19-38(53-34(49)52-36(8,9)10)25-13-12-14-27(40)28(25)41(11)54-31(38)42(37,33(47)48)35(5,6)7/h12-14,17-18,21-22,24,26,29-31,50H,15-16,19H2,1-11H3,(H-,45,46,47,48)/t21?,22-,24+,26-,29+,30-,31-,37+,38-,39-,42?/m1/s1. The van der Waals surface area contributed by atoms with Gasteiger partial charge in [0, 0.05) is 31.4 Å². The number of anilines is 1. The maximum atomic E-state index is 14.9. The number of carboxylic acid groups (broad SMARTS) is 2. The lowest BCUT2D eigenvalue weighted by Crippen LogP contribution is -2.86. The fourth-order valence-corrected chi connectivity index (χ4v) is 10.8. The van der Waals surface area contributed by atoms with Gasteiger partial charge in [0.15, 0.2) is 0 Å². The monoisotopic (exact) mass is 776 g/mol. The lowest BCUT2D eigenvalue weighted by molar-refractivity contribution is -0.991. The molecule has 15 heteroatoms. The SMILES string of the molecule is CC(=O)O[C@H]1C(C)=C[C@@H]2[C@H](C(C)C=O)CC[C@@H](C)[C@]2(O)[C@H]1[C@]1(C(=O)O)C[C@@]2(OC(=O)OC(C)(C)C)c3cccc(Cl)c3N(C)O[C@H]2[N+]1(C(=O)[O-])C(C)(C)C. The van der Waals surface area contributed by atoms with Crippen LogP contribution in [0.1, 0.15) is 94.1 Å². The molecular formula is C39H53ClN2O12. The Kier molecular flexibility index (Phi) is 10.4. The molecule has 2 N–H and O–H groups in total. The number of aldehydes is 1. The molecule has 14 nitrogen and oxygen atoms in total. The van der Waals surface area contributed by atoms with Crippen molar-refractivity contribution in [2.45, 2.75) is 129 Å². The summed E-state index contributed by atoms with van der Waals surface area (Å²) >= 11 is 6.75. The molecule has 0 bridgehead atoms. The van der Waals surface area contributed by atoms with Crippen LogP contribution in [0.3, 0.4) is 0 Å². The summed E-state index contributed by atoms with van der Waals surface area (Å²) in [7, 11) is 1.46. The zero-order chi connectivity index (χ0) is 40.7. The molecule has 1 aromatic carbocycles. The maximum absolute atomic E-state index is 14.9. The Morgan fingerprint density at radius 1 is 1.15 bits per heavy atom. The van der Waals surface area contributed by atoms with E-state index in [1.165, 1.54) is 32.9 Å². The second-order valence-electron chi connectivity index (χ2n) is 17.6. The van der Waals surface area contributed by atoms with Crippen molar-refractivity contribution in [3.05, 3.63) is 40.4 Å². The molecule has 5 rings (SSSR count). The van der Waals surface area contributed by atoms with Gasteiger partial charge in [-0.25, -0.2) is 24.0 Å². The number of aliphatic hydroxyl groups is 1. The summed E-state index contributed by atoms with van der Waals surface area (Å²) in [6, 6.07) is 4.64. The third kappa shape index (κ3) is 5.73. The second-order valence-corrected chi connectivity index (χ2v) is 18.0. The average Bonchev–Trinajstić information content (AvgIpc) is 3.30. The van der Waals surface area contributed by atoms with Crippen LogP contribution in [0.25, 0.3) is 0 Å². The van der Waals surface area contributed by atoms with Crippen molar-refractivity contribution in [3.8, 4) is 0 Å². The number of quaternary nitrogens is 1. The fourth-order valence-electron chi connectivity index (χ4n) is 10.5. The van der Waals surface area contributed by atoms with Crippen molar-refractivity contribution in [2.75, 3.05) is 12.1 Å². The molecule has 0 spiro atoms. The van der Waals surface area contributed by atoms with Gasteiger partial charge in [0.05, 0.1) is 34.2 Å². The van der Waals surface area contributed by atoms with Gasteiger partial charge in [0.1, 0.15) is 18.0 Å². The molecule has 2 aliphatic heterocycles. The number of fused-ring (bicyclic) bond motifs is 4. The average molecular weight is 777 g/mol. The third-order valence-corrected chi connectivity index (χ3v) is 12.7. The number of amides is 1. The molecule has 1 aromatic rings. The summed E-state index contributed by atoms with van der Waals surface area (Å²) in [5, 5.41) is 41.5. The van der Waals surface area contributed by atoms with Gasteiger partial charge in [-0.3, -0.25) is 4.79 Å². The van der Waals surface area contributed by atoms with Gasteiger partial charge in [0.25, 0.3) is 12.3 Å². The summed E-state index contributed by atoms with van der Waals surface area (Å²) < 4.78 is 16.4. The number of carboxylic acids is 1. The van der Waals surface area contributed by atoms with Crippen molar-refractivity contribution < 1.29 is 62.8 Å². The molecule has 11 atom stereocenters. The predicted octanol–water partition coefficient (Wildman–Crippen LogP) is 5.12. The number of benzene rings is 1. The van der Waals surface area contributed by atoms with E-state index in [0.717, 1.165) is 13.2 Å². The van der Waals surface area contributed by atoms with Crippen LogP contribution in [0.5, 0.6) is 0 Å². The van der Waals surface area contributed by atoms with Gasteiger partial charge in [-0.2, -0.15) is 0 Å². The first-order valence-electron chi connectivity index (χ1n) is 18.3. The van der Waals surface area contributed by atoms with E-state index in [0.29, 0.717) is 18.4 Å². The number of hydrogen-bond donors (Lipinski definition) is 2. The zero-order valence-corrected chi connectivity index (χ0v) is 33.6.